The number of rotatable bonds is 8. The maximum atomic E-state index is 13.0. The molecular formula is C28H28N2O5. The van der Waals surface area contributed by atoms with Gasteiger partial charge in [-0.25, -0.2) is 9.59 Å². The standard InChI is InChI=1S/C28H28N2O5/c1-4-34-27(31)24-25(20-9-13-22(33-3)14-10-20)29-28(32)30-26(24)21-11-15-23(16-12-21)35-17-19-7-5-18(2)6-8-19/h5-16,26H,4,17H2,1-3H3,(H2,29,30,32). The van der Waals surface area contributed by atoms with E-state index in [4.69, 9.17) is 14.2 Å². The van der Waals surface area contributed by atoms with E-state index in [0.29, 0.717) is 34.9 Å². The highest BCUT2D eigenvalue weighted by molar-refractivity contribution is 6.04. The topological polar surface area (TPSA) is 85.9 Å². The zero-order valence-electron chi connectivity index (χ0n) is 20.0. The largest absolute Gasteiger partial charge is 0.497 e. The van der Waals surface area contributed by atoms with Crippen LogP contribution in [0, 0.1) is 6.92 Å². The number of carbonyl (C=O) groups is 2. The predicted octanol–water partition coefficient (Wildman–Crippen LogP) is 4.91. The molecule has 0 bridgehead atoms. The zero-order chi connectivity index (χ0) is 24.8. The van der Waals surface area contributed by atoms with Gasteiger partial charge in [0.05, 0.1) is 31.0 Å². The monoisotopic (exact) mass is 472 g/mol. The molecule has 0 saturated heterocycles. The Morgan fingerprint density at radius 3 is 2.20 bits per heavy atom. The average molecular weight is 473 g/mol. The molecule has 7 heteroatoms. The van der Waals surface area contributed by atoms with Gasteiger partial charge in [-0.3, -0.25) is 0 Å². The van der Waals surface area contributed by atoms with Crippen LogP contribution in [0.25, 0.3) is 5.70 Å². The van der Waals surface area contributed by atoms with Crippen molar-refractivity contribution in [3.8, 4) is 11.5 Å². The smallest absolute Gasteiger partial charge is 0.338 e. The van der Waals surface area contributed by atoms with Crippen molar-refractivity contribution in [1.29, 1.82) is 0 Å². The summed E-state index contributed by atoms with van der Waals surface area (Å²) < 4.78 is 16.5. The Balaban J connectivity index is 1.63. The third-order valence-electron chi connectivity index (χ3n) is 5.69. The second kappa shape index (κ2) is 10.8. The van der Waals surface area contributed by atoms with E-state index >= 15 is 0 Å². The Bertz CT molecular complexity index is 1220. The van der Waals surface area contributed by atoms with Crippen molar-refractivity contribution in [3.63, 3.8) is 0 Å². The minimum Gasteiger partial charge on any atom is -0.497 e. The number of ether oxygens (including phenoxy) is 3. The number of aryl methyl sites for hydroxylation is 1. The van der Waals surface area contributed by atoms with Crippen LogP contribution in [0.15, 0.2) is 78.4 Å². The Labute approximate surface area is 204 Å². The summed E-state index contributed by atoms with van der Waals surface area (Å²) in [6.07, 6.45) is 0. The van der Waals surface area contributed by atoms with Crippen molar-refractivity contribution in [1.82, 2.24) is 10.6 Å². The van der Waals surface area contributed by atoms with Gasteiger partial charge in [-0.2, -0.15) is 0 Å². The van der Waals surface area contributed by atoms with Gasteiger partial charge < -0.3 is 24.8 Å². The van der Waals surface area contributed by atoms with Crippen LogP contribution in [-0.4, -0.2) is 25.7 Å². The van der Waals surface area contributed by atoms with Gasteiger partial charge in [0.1, 0.15) is 18.1 Å². The minimum atomic E-state index is -0.689. The molecule has 1 atom stereocenters. The molecule has 3 aromatic rings. The van der Waals surface area contributed by atoms with E-state index in [-0.39, 0.29) is 6.61 Å². The molecule has 0 spiro atoms. The number of benzene rings is 3. The quantitative estimate of drug-likeness (QED) is 0.455. The number of carbonyl (C=O) groups excluding carboxylic acids is 2. The van der Waals surface area contributed by atoms with Crippen molar-refractivity contribution < 1.29 is 23.8 Å². The Morgan fingerprint density at radius 2 is 1.57 bits per heavy atom. The van der Waals surface area contributed by atoms with Crippen molar-refractivity contribution in [2.24, 2.45) is 0 Å². The fourth-order valence-corrected chi connectivity index (χ4v) is 3.84. The van der Waals surface area contributed by atoms with Crippen LogP contribution in [0.5, 0.6) is 11.5 Å². The molecule has 0 radical (unpaired) electrons. The number of esters is 1. The number of nitrogens with one attached hydrogen (secondary N) is 2. The molecule has 1 aliphatic rings. The number of methoxy groups -OCH3 is 1. The molecular weight excluding hydrogens is 444 g/mol. The maximum Gasteiger partial charge on any atom is 0.338 e. The number of hydrogen-bond acceptors (Lipinski definition) is 5. The summed E-state index contributed by atoms with van der Waals surface area (Å²) in [5, 5.41) is 5.63. The van der Waals surface area contributed by atoms with E-state index in [1.54, 1.807) is 38.3 Å². The molecule has 4 rings (SSSR count). The van der Waals surface area contributed by atoms with Gasteiger partial charge in [0.15, 0.2) is 0 Å². The molecule has 2 N–H and O–H groups in total. The number of amides is 2. The summed E-state index contributed by atoms with van der Waals surface area (Å²) in [5.41, 5.74) is 4.40. The molecule has 7 nitrogen and oxygen atoms in total. The fourth-order valence-electron chi connectivity index (χ4n) is 3.84. The molecule has 0 aromatic heterocycles. The van der Waals surface area contributed by atoms with E-state index in [0.717, 1.165) is 11.1 Å². The summed E-state index contributed by atoms with van der Waals surface area (Å²) in [5.74, 6) is 0.854. The first-order chi connectivity index (χ1) is 17.0. The van der Waals surface area contributed by atoms with E-state index in [2.05, 4.69) is 10.6 Å². The van der Waals surface area contributed by atoms with Crippen LogP contribution in [0.4, 0.5) is 4.79 Å². The van der Waals surface area contributed by atoms with E-state index in [1.807, 2.05) is 55.5 Å². The van der Waals surface area contributed by atoms with E-state index < -0.39 is 18.0 Å². The van der Waals surface area contributed by atoms with Crippen molar-refractivity contribution in [2.45, 2.75) is 26.5 Å². The molecule has 1 heterocycles. The van der Waals surface area contributed by atoms with Crippen LogP contribution in [0.3, 0.4) is 0 Å². The molecule has 1 aliphatic heterocycles. The Morgan fingerprint density at radius 1 is 0.914 bits per heavy atom. The molecule has 35 heavy (non-hydrogen) atoms. The zero-order valence-corrected chi connectivity index (χ0v) is 20.0. The van der Waals surface area contributed by atoms with Crippen LogP contribution < -0.4 is 20.1 Å². The van der Waals surface area contributed by atoms with E-state index in [1.165, 1.54) is 5.56 Å². The molecule has 3 aromatic carbocycles. The molecule has 0 saturated carbocycles. The lowest BCUT2D eigenvalue weighted by atomic mass is 9.92. The summed E-state index contributed by atoms with van der Waals surface area (Å²) in [6, 6.07) is 21.5. The highest BCUT2D eigenvalue weighted by Crippen LogP contribution is 2.33. The van der Waals surface area contributed by atoms with Gasteiger partial charge in [-0.1, -0.05) is 42.0 Å². The molecule has 1 unspecified atom stereocenters. The van der Waals surface area contributed by atoms with Crippen LogP contribution in [0.1, 0.15) is 35.2 Å². The van der Waals surface area contributed by atoms with Crippen LogP contribution in [0.2, 0.25) is 0 Å². The predicted molar refractivity (Wildman–Crippen MR) is 133 cm³/mol. The van der Waals surface area contributed by atoms with Crippen LogP contribution >= 0.6 is 0 Å². The Kier molecular flexibility index (Phi) is 7.35. The fraction of sp³-hybridized carbons (Fsp3) is 0.214. The lowest BCUT2D eigenvalue weighted by molar-refractivity contribution is -0.138. The molecule has 2 amide bonds. The molecule has 0 aliphatic carbocycles. The average Bonchev–Trinajstić information content (AvgIpc) is 2.88. The van der Waals surface area contributed by atoms with Crippen molar-refractivity contribution in [3.05, 3.63) is 101 Å². The minimum absolute atomic E-state index is 0.213. The van der Waals surface area contributed by atoms with Gasteiger partial charge in [-0.05, 0) is 66.9 Å². The summed E-state index contributed by atoms with van der Waals surface area (Å²) in [6.45, 7) is 4.45. The first kappa shape index (κ1) is 23.9. The third kappa shape index (κ3) is 5.63. The number of hydrogen-bond donors (Lipinski definition) is 2. The van der Waals surface area contributed by atoms with Gasteiger partial charge in [-0.15, -0.1) is 0 Å². The third-order valence-corrected chi connectivity index (χ3v) is 5.69. The SMILES string of the molecule is CCOC(=O)C1=C(c2ccc(OC)cc2)NC(=O)NC1c1ccc(OCc2ccc(C)cc2)cc1. The molecule has 0 fully saturated rings. The second-order valence-corrected chi connectivity index (χ2v) is 8.11. The van der Waals surface area contributed by atoms with Gasteiger partial charge >= 0.3 is 12.0 Å². The summed E-state index contributed by atoms with van der Waals surface area (Å²) >= 11 is 0. The lowest BCUT2D eigenvalue weighted by Gasteiger charge is -2.29. The Hall–Kier alpha value is -4.26. The van der Waals surface area contributed by atoms with E-state index in [9.17, 15) is 9.59 Å². The van der Waals surface area contributed by atoms with Gasteiger partial charge in [0.25, 0.3) is 0 Å². The first-order valence-corrected chi connectivity index (χ1v) is 11.4. The molecule has 180 valence electrons. The van der Waals surface area contributed by atoms with Crippen LogP contribution in [-0.2, 0) is 16.1 Å². The van der Waals surface area contributed by atoms with Gasteiger partial charge in [0.2, 0.25) is 0 Å². The highest BCUT2D eigenvalue weighted by atomic mass is 16.5. The normalized spacial score (nSPS) is 15.2. The lowest BCUT2D eigenvalue weighted by Crippen LogP contribution is -2.45. The summed E-state index contributed by atoms with van der Waals surface area (Å²) in [7, 11) is 1.58. The second-order valence-electron chi connectivity index (χ2n) is 8.11. The van der Waals surface area contributed by atoms with Gasteiger partial charge in [0, 0.05) is 0 Å². The first-order valence-electron chi connectivity index (χ1n) is 11.4. The van der Waals surface area contributed by atoms with Crippen molar-refractivity contribution in [2.75, 3.05) is 13.7 Å². The summed E-state index contributed by atoms with van der Waals surface area (Å²) in [4.78, 5) is 25.6. The number of urea groups is 1. The maximum absolute atomic E-state index is 13.0. The highest BCUT2D eigenvalue weighted by Gasteiger charge is 2.34. The van der Waals surface area contributed by atoms with Crippen molar-refractivity contribution >= 4 is 17.7 Å².